The molecule has 0 amide bonds. The molecule has 2 unspecified atom stereocenters. The number of hydrogen-bond donors (Lipinski definition) is 1. The Hall–Kier alpha value is -0.940. The number of aromatic nitrogens is 2. The molecule has 3 rings (SSSR count). The van der Waals surface area contributed by atoms with Gasteiger partial charge in [-0.1, -0.05) is 5.16 Å². The summed E-state index contributed by atoms with van der Waals surface area (Å²) in [6.07, 6.45) is 0. The number of nitrogens with zero attached hydrogens (tertiary/aromatic N) is 3. The van der Waals surface area contributed by atoms with Gasteiger partial charge in [0.25, 0.3) is 0 Å². The van der Waals surface area contributed by atoms with Gasteiger partial charge in [-0.25, -0.2) is 0 Å². The van der Waals surface area contributed by atoms with Crippen LogP contribution in [0.4, 0.5) is 0 Å². The van der Waals surface area contributed by atoms with Crippen LogP contribution in [0.1, 0.15) is 25.6 Å². The number of nitrogens with one attached hydrogen (secondary N) is 1. The summed E-state index contributed by atoms with van der Waals surface area (Å²) in [4.78, 5) is 6.79. The lowest BCUT2D eigenvalue weighted by atomic mass is 9.85. The molecule has 2 atom stereocenters. The molecule has 3 heterocycles. The first-order valence-corrected chi connectivity index (χ1v) is 6.32. The van der Waals surface area contributed by atoms with E-state index in [1.54, 1.807) is 0 Å². The van der Waals surface area contributed by atoms with E-state index >= 15 is 0 Å². The molecule has 2 aliphatic heterocycles. The predicted octanol–water partition coefficient (Wildman–Crippen LogP) is 0.808. The van der Waals surface area contributed by atoms with Gasteiger partial charge in [-0.15, -0.1) is 0 Å². The molecule has 2 fully saturated rings. The van der Waals surface area contributed by atoms with Crippen molar-refractivity contribution in [3.05, 3.63) is 11.7 Å². The molecule has 0 aromatic carbocycles. The van der Waals surface area contributed by atoms with Crippen molar-refractivity contribution in [2.45, 2.75) is 32.9 Å². The van der Waals surface area contributed by atoms with Gasteiger partial charge in [-0.05, 0) is 32.2 Å². The Morgan fingerprint density at radius 2 is 2.29 bits per heavy atom. The van der Waals surface area contributed by atoms with E-state index in [0.717, 1.165) is 43.8 Å². The zero-order valence-electron chi connectivity index (χ0n) is 10.7. The van der Waals surface area contributed by atoms with Gasteiger partial charge in [0.15, 0.2) is 5.82 Å². The highest BCUT2D eigenvalue weighted by molar-refractivity contribution is 5.05. The molecule has 0 saturated carbocycles. The summed E-state index contributed by atoms with van der Waals surface area (Å²) in [5.41, 5.74) is 0.225. The Balaban J connectivity index is 1.76. The second-order valence-corrected chi connectivity index (χ2v) is 5.79. The first-order valence-electron chi connectivity index (χ1n) is 6.32. The smallest absolute Gasteiger partial charge is 0.223 e. The van der Waals surface area contributed by atoms with Crippen molar-refractivity contribution in [1.29, 1.82) is 0 Å². The van der Waals surface area contributed by atoms with Crippen molar-refractivity contribution in [1.82, 2.24) is 20.4 Å². The molecule has 2 aliphatic rings. The first kappa shape index (κ1) is 11.2. The zero-order chi connectivity index (χ0) is 12.0. The van der Waals surface area contributed by atoms with E-state index in [1.165, 1.54) is 0 Å². The molecule has 5 nitrogen and oxygen atoms in total. The van der Waals surface area contributed by atoms with Crippen LogP contribution in [0.3, 0.4) is 0 Å². The summed E-state index contributed by atoms with van der Waals surface area (Å²) in [5, 5.41) is 7.49. The van der Waals surface area contributed by atoms with Gasteiger partial charge >= 0.3 is 0 Å². The molecule has 17 heavy (non-hydrogen) atoms. The molecule has 0 spiro atoms. The van der Waals surface area contributed by atoms with Crippen molar-refractivity contribution >= 4 is 0 Å². The Morgan fingerprint density at radius 3 is 2.94 bits per heavy atom. The van der Waals surface area contributed by atoms with Crippen LogP contribution in [0.15, 0.2) is 4.52 Å². The number of likely N-dealkylation sites (tertiary alicyclic amines) is 1. The number of fused-ring (bicyclic) bond motifs is 1. The van der Waals surface area contributed by atoms with Crippen LogP contribution >= 0.6 is 0 Å². The van der Waals surface area contributed by atoms with Gasteiger partial charge < -0.3 is 9.84 Å². The fraction of sp³-hybridized carbons (Fsp3) is 0.833. The topological polar surface area (TPSA) is 54.2 Å². The van der Waals surface area contributed by atoms with Crippen LogP contribution in [0.2, 0.25) is 0 Å². The highest BCUT2D eigenvalue weighted by Gasteiger charge is 2.49. The molecule has 0 bridgehead atoms. The minimum Gasteiger partial charge on any atom is -0.340 e. The van der Waals surface area contributed by atoms with Gasteiger partial charge in [-0.2, -0.15) is 4.98 Å². The number of hydrogen-bond acceptors (Lipinski definition) is 5. The summed E-state index contributed by atoms with van der Waals surface area (Å²) in [6, 6.07) is 0. The standard InChI is InChI=1S/C12H20N4O/c1-8-14-11(15-17-8)7-16-6-9-4-13-5-10(9)12(16,2)3/h9-10,13H,4-7H2,1-3H3. The maximum atomic E-state index is 5.04. The molecular formula is C12H20N4O. The van der Waals surface area contributed by atoms with Gasteiger partial charge in [0, 0.05) is 25.6 Å². The van der Waals surface area contributed by atoms with Gasteiger partial charge in [0.1, 0.15) is 0 Å². The van der Waals surface area contributed by atoms with Crippen molar-refractivity contribution in [2.75, 3.05) is 19.6 Å². The summed E-state index contributed by atoms with van der Waals surface area (Å²) in [6.45, 7) is 10.7. The van der Waals surface area contributed by atoms with E-state index in [0.29, 0.717) is 5.89 Å². The number of rotatable bonds is 2. The summed E-state index contributed by atoms with van der Waals surface area (Å²) < 4.78 is 5.04. The minimum absolute atomic E-state index is 0.225. The second kappa shape index (κ2) is 3.78. The van der Waals surface area contributed by atoms with E-state index in [9.17, 15) is 0 Å². The molecular weight excluding hydrogens is 216 g/mol. The predicted molar refractivity (Wildman–Crippen MR) is 63.4 cm³/mol. The number of aryl methyl sites for hydroxylation is 1. The third-order valence-corrected chi connectivity index (χ3v) is 4.42. The normalized spacial score (nSPS) is 31.9. The van der Waals surface area contributed by atoms with Crippen LogP contribution in [-0.2, 0) is 6.54 Å². The van der Waals surface area contributed by atoms with Crippen molar-refractivity contribution in [3.63, 3.8) is 0 Å². The molecule has 1 aromatic rings. The van der Waals surface area contributed by atoms with E-state index in [1.807, 2.05) is 6.92 Å². The lowest BCUT2D eigenvalue weighted by Crippen LogP contribution is -2.44. The minimum atomic E-state index is 0.225. The molecule has 0 radical (unpaired) electrons. The Bertz CT molecular complexity index is 414. The maximum Gasteiger partial charge on any atom is 0.223 e. The fourth-order valence-corrected chi connectivity index (χ4v) is 3.35. The van der Waals surface area contributed by atoms with Crippen LogP contribution in [0.5, 0.6) is 0 Å². The van der Waals surface area contributed by atoms with Crippen LogP contribution in [0, 0.1) is 18.8 Å². The fourth-order valence-electron chi connectivity index (χ4n) is 3.35. The van der Waals surface area contributed by atoms with E-state index < -0.39 is 0 Å². The summed E-state index contributed by atoms with van der Waals surface area (Å²) >= 11 is 0. The quantitative estimate of drug-likeness (QED) is 0.823. The van der Waals surface area contributed by atoms with E-state index in [-0.39, 0.29) is 5.54 Å². The Labute approximate surface area is 102 Å². The third-order valence-electron chi connectivity index (χ3n) is 4.42. The zero-order valence-corrected chi connectivity index (χ0v) is 10.7. The lowest BCUT2D eigenvalue weighted by Gasteiger charge is -2.34. The van der Waals surface area contributed by atoms with Crippen LogP contribution in [-0.4, -0.2) is 40.2 Å². The molecule has 1 aromatic heterocycles. The Morgan fingerprint density at radius 1 is 1.47 bits per heavy atom. The Kier molecular flexibility index (Phi) is 2.48. The van der Waals surface area contributed by atoms with Gasteiger partial charge in [0.05, 0.1) is 6.54 Å². The molecule has 5 heteroatoms. The van der Waals surface area contributed by atoms with E-state index in [4.69, 9.17) is 4.52 Å². The monoisotopic (exact) mass is 236 g/mol. The first-order chi connectivity index (χ1) is 8.07. The average Bonchev–Trinajstić information content (AvgIpc) is 2.90. The van der Waals surface area contributed by atoms with Gasteiger partial charge in [0.2, 0.25) is 5.89 Å². The second-order valence-electron chi connectivity index (χ2n) is 5.79. The third kappa shape index (κ3) is 1.77. The van der Waals surface area contributed by atoms with Gasteiger partial charge in [-0.3, -0.25) is 4.90 Å². The molecule has 0 aliphatic carbocycles. The molecule has 2 saturated heterocycles. The summed E-state index contributed by atoms with van der Waals surface area (Å²) in [7, 11) is 0. The highest BCUT2D eigenvalue weighted by Crippen LogP contribution is 2.40. The van der Waals surface area contributed by atoms with Crippen molar-refractivity contribution in [2.24, 2.45) is 11.8 Å². The van der Waals surface area contributed by atoms with E-state index in [2.05, 4.69) is 34.2 Å². The maximum absolute atomic E-state index is 5.04. The lowest BCUT2D eigenvalue weighted by molar-refractivity contribution is 0.127. The molecule has 94 valence electrons. The largest absolute Gasteiger partial charge is 0.340 e. The SMILES string of the molecule is Cc1nc(CN2CC3CNCC3C2(C)C)no1. The van der Waals surface area contributed by atoms with Crippen molar-refractivity contribution in [3.8, 4) is 0 Å². The molecule has 1 N–H and O–H groups in total. The van der Waals surface area contributed by atoms with Crippen LogP contribution in [0.25, 0.3) is 0 Å². The highest BCUT2D eigenvalue weighted by atomic mass is 16.5. The average molecular weight is 236 g/mol. The van der Waals surface area contributed by atoms with Crippen LogP contribution < -0.4 is 5.32 Å². The summed E-state index contributed by atoms with van der Waals surface area (Å²) in [5.74, 6) is 2.98. The van der Waals surface area contributed by atoms with Crippen molar-refractivity contribution < 1.29 is 4.52 Å².